The second kappa shape index (κ2) is 7.57. The number of aromatic nitrogens is 3. The number of H-pyrrole nitrogens is 1. The van der Waals surface area contributed by atoms with Crippen LogP contribution in [0.4, 0.5) is 0 Å². The number of benzene rings is 1. The average Bonchev–Trinajstić information content (AvgIpc) is 2.98. The van der Waals surface area contributed by atoms with Crippen LogP contribution < -0.4 is 0 Å². The summed E-state index contributed by atoms with van der Waals surface area (Å²) in [7, 11) is -3.19. The molecular weight excluding hydrogens is 380 g/mol. The summed E-state index contributed by atoms with van der Waals surface area (Å²) in [5.74, 6) is 0.975. The van der Waals surface area contributed by atoms with Crippen LogP contribution in [0.25, 0.3) is 0 Å². The highest BCUT2D eigenvalue weighted by Crippen LogP contribution is 2.28. The molecule has 0 radical (unpaired) electrons. The molecule has 0 saturated carbocycles. The quantitative estimate of drug-likeness (QED) is 0.782. The van der Waals surface area contributed by atoms with Gasteiger partial charge in [-0.15, -0.1) is 0 Å². The van der Waals surface area contributed by atoms with Crippen LogP contribution in [0, 0.1) is 4.77 Å². The highest BCUT2D eigenvalue weighted by Gasteiger charge is 2.31. The standard InChI is InChI=1S/C16H21ClN4O2S2/c1-2-25(22,23)20-9-3-4-13(11-20)15-18-19-16(24)21(15)10-12-5-7-14(17)8-6-12/h5-8,13H,2-4,9-11H2,1H3,(H,19,24)/t13-/m1/s1. The summed E-state index contributed by atoms with van der Waals surface area (Å²) in [4.78, 5) is 0. The Balaban J connectivity index is 1.85. The molecule has 1 aromatic carbocycles. The molecule has 136 valence electrons. The number of rotatable bonds is 5. The van der Waals surface area contributed by atoms with Gasteiger partial charge in [-0.25, -0.2) is 12.7 Å². The number of aromatic amines is 1. The molecule has 0 unspecified atom stereocenters. The Bertz CT molecular complexity index is 890. The number of hydrogen-bond acceptors (Lipinski definition) is 4. The lowest BCUT2D eigenvalue weighted by Crippen LogP contribution is -2.40. The first kappa shape index (κ1) is 18.6. The third-order valence-electron chi connectivity index (χ3n) is 4.55. The van der Waals surface area contributed by atoms with Crippen molar-refractivity contribution in [3.8, 4) is 0 Å². The minimum absolute atomic E-state index is 0.0373. The normalized spacial score (nSPS) is 19.2. The van der Waals surface area contributed by atoms with Gasteiger partial charge in [0.15, 0.2) is 4.77 Å². The number of nitrogens with one attached hydrogen (secondary N) is 1. The van der Waals surface area contributed by atoms with Crippen molar-refractivity contribution in [1.29, 1.82) is 0 Å². The molecule has 25 heavy (non-hydrogen) atoms. The zero-order valence-corrected chi connectivity index (χ0v) is 16.4. The molecule has 0 bridgehead atoms. The third-order valence-corrected chi connectivity index (χ3v) is 6.96. The Hall–Kier alpha value is -1.22. The molecule has 1 N–H and O–H groups in total. The molecule has 1 aliphatic heterocycles. The fourth-order valence-electron chi connectivity index (χ4n) is 3.16. The summed E-state index contributed by atoms with van der Waals surface area (Å²) in [5, 5.41) is 7.94. The lowest BCUT2D eigenvalue weighted by molar-refractivity contribution is 0.305. The summed E-state index contributed by atoms with van der Waals surface area (Å²) >= 11 is 11.3. The van der Waals surface area contributed by atoms with Gasteiger partial charge in [-0.3, -0.25) is 9.67 Å². The van der Waals surface area contributed by atoms with Gasteiger partial charge >= 0.3 is 0 Å². The van der Waals surface area contributed by atoms with E-state index in [1.54, 1.807) is 11.2 Å². The number of halogens is 1. The highest BCUT2D eigenvalue weighted by molar-refractivity contribution is 7.89. The molecule has 2 heterocycles. The van der Waals surface area contributed by atoms with Crippen LogP contribution in [-0.4, -0.2) is 46.3 Å². The number of nitrogens with zero attached hydrogens (tertiary/aromatic N) is 3. The molecule has 2 aromatic rings. The summed E-state index contributed by atoms with van der Waals surface area (Å²) in [6, 6.07) is 7.60. The van der Waals surface area contributed by atoms with Gasteiger partial charge < -0.3 is 0 Å². The van der Waals surface area contributed by atoms with Crippen LogP contribution in [0.5, 0.6) is 0 Å². The topological polar surface area (TPSA) is 71.0 Å². The first-order valence-electron chi connectivity index (χ1n) is 8.28. The fourth-order valence-corrected chi connectivity index (χ4v) is 4.66. The Labute approximate surface area is 157 Å². The average molecular weight is 401 g/mol. The van der Waals surface area contributed by atoms with Gasteiger partial charge in [-0.1, -0.05) is 23.7 Å². The monoisotopic (exact) mass is 400 g/mol. The number of hydrogen-bond donors (Lipinski definition) is 1. The minimum Gasteiger partial charge on any atom is -0.299 e. The van der Waals surface area contributed by atoms with Crippen LogP contribution in [-0.2, 0) is 16.6 Å². The van der Waals surface area contributed by atoms with Crippen molar-refractivity contribution in [3.63, 3.8) is 0 Å². The molecule has 1 aromatic heterocycles. The van der Waals surface area contributed by atoms with Crippen molar-refractivity contribution in [2.75, 3.05) is 18.8 Å². The summed E-state index contributed by atoms with van der Waals surface area (Å²) < 4.78 is 28.5. The van der Waals surface area contributed by atoms with Crippen molar-refractivity contribution < 1.29 is 8.42 Å². The Morgan fingerprint density at radius 2 is 2.08 bits per heavy atom. The lowest BCUT2D eigenvalue weighted by atomic mass is 9.98. The van der Waals surface area contributed by atoms with Crippen LogP contribution in [0.1, 0.15) is 37.1 Å². The van der Waals surface area contributed by atoms with Crippen LogP contribution in [0.15, 0.2) is 24.3 Å². The van der Waals surface area contributed by atoms with E-state index in [1.807, 2.05) is 28.8 Å². The molecule has 0 aliphatic carbocycles. The second-order valence-electron chi connectivity index (χ2n) is 6.20. The van der Waals surface area contributed by atoms with Crippen LogP contribution in [0.3, 0.4) is 0 Å². The maximum Gasteiger partial charge on any atom is 0.213 e. The molecule has 1 aliphatic rings. The molecular formula is C16H21ClN4O2S2. The van der Waals surface area contributed by atoms with E-state index in [2.05, 4.69) is 10.2 Å². The Kier molecular flexibility index (Phi) is 5.62. The maximum absolute atomic E-state index is 12.2. The van der Waals surface area contributed by atoms with E-state index in [1.165, 1.54) is 0 Å². The van der Waals surface area contributed by atoms with E-state index in [-0.39, 0.29) is 11.7 Å². The Morgan fingerprint density at radius 3 is 2.76 bits per heavy atom. The zero-order chi connectivity index (χ0) is 18.0. The predicted octanol–water partition coefficient (Wildman–Crippen LogP) is 3.17. The van der Waals surface area contributed by atoms with Gasteiger partial charge in [0.25, 0.3) is 0 Å². The van der Waals surface area contributed by atoms with E-state index in [9.17, 15) is 8.42 Å². The molecule has 0 spiro atoms. The molecule has 3 rings (SSSR count). The Morgan fingerprint density at radius 1 is 1.36 bits per heavy atom. The number of sulfonamides is 1. The van der Waals surface area contributed by atoms with Gasteiger partial charge in [0.1, 0.15) is 5.82 Å². The maximum atomic E-state index is 12.2. The first-order valence-corrected chi connectivity index (χ1v) is 10.7. The lowest BCUT2D eigenvalue weighted by Gasteiger charge is -2.31. The van der Waals surface area contributed by atoms with Crippen molar-refractivity contribution in [3.05, 3.63) is 45.4 Å². The molecule has 9 heteroatoms. The molecule has 1 saturated heterocycles. The smallest absolute Gasteiger partial charge is 0.213 e. The van der Waals surface area contributed by atoms with Gasteiger partial charge in [-0.05, 0) is 49.7 Å². The zero-order valence-electron chi connectivity index (χ0n) is 14.0. The van der Waals surface area contributed by atoms with Gasteiger partial charge in [0, 0.05) is 24.0 Å². The second-order valence-corrected chi connectivity index (χ2v) is 9.28. The summed E-state index contributed by atoms with van der Waals surface area (Å²) in [5.41, 5.74) is 1.07. The largest absolute Gasteiger partial charge is 0.299 e. The highest BCUT2D eigenvalue weighted by atomic mass is 35.5. The SMILES string of the molecule is CCS(=O)(=O)N1CCC[C@@H](c2n[nH]c(=S)n2Cc2ccc(Cl)cc2)C1. The predicted molar refractivity (Wildman–Crippen MR) is 101 cm³/mol. The van der Waals surface area contributed by atoms with E-state index in [0.717, 1.165) is 24.2 Å². The van der Waals surface area contributed by atoms with Gasteiger partial charge in [0.2, 0.25) is 10.0 Å². The third kappa shape index (κ3) is 4.13. The molecule has 0 amide bonds. The van der Waals surface area contributed by atoms with E-state index < -0.39 is 10.0 Å². The molecule has 6 nitrogen and oxygen atoms in total. The van der Waals surface area contributed by atoms with E-state index in [0.29, 0.717) is 29.4 Å². The minimum atomic E-state index is -3.19. The van der Waals surface area contributed by atoms with E-state index >= 15 is 0 Å². The van der Waals surface area contributed by atoms with Crippen molar-refractivity contribution in [2.24, 2.45) is 0 Å². The summed E-state index contributed by atoms with van der Waals surface area (Å²) in [6.45, 7) is 3.29. The van der Waals surface area contributed by atoms with E-state index in [4.69, 9.17) is 23.8 Å². The van der Waals surface area contributed by atoms with Crippen LogP contribution >= 0.6 is 23.8 Å². The summed E-state index contributed by atoms with van der Waals surface area (Å²) in [6.07, 6.45) is 1.72. The molecule has 1 fully saturated rings. The van der Waals surface area contributed by atoms with Gasteiger partial charge in [0.05, 0.1) is 12.3 Å². The molecule has 1 atom stereocenters. The van der Waals surface area contributed by atoms with Crippen molar-refractivity contribution >= 4 is 33.8 Å². The van der Waals surface area contributed by atoms with Gasteiger partial charge in [-0.2, -0.15) is 5.10 Å². The fraction of sp³-hybridized carbons (Fsp3) is 0.500. The number of piperidine rings is 1. The first-order chi connectivity index (χ1) is 11.9. The van der Waals surface area contributed by atoms with Crippen LogP contribution in [0.2, 0.25) is 5.02 Å². The van der Waals surface area contributed by atoms with Crippen molar-refractivity contribution in [2.45, 2.75) is 32.2 Å². The van der Waals surface area contributed by atoms with Crippen molar-refractivity contribution in [1.82, 2.24) is 19.1 Å².